The Morgan fingerprint density at radius 1 is 1.10 bits per heavy atom. The number of alkyl carbamates (subject to hydrolysis) is 1. The highest BCUT2D eigenvalue weighted by Gasteiger charge is 2.39. The minimum atomic E-state index is -1.89. The van der Waals surface area contributed by atoms with Crippen LogP contribution in [0.1, 0.15) is 29.5 Å². The number of fused-ring (bicyclic) bond motifs is 3. The van der Waals surface area contributed by atoms with E-state index in [1.165, 1.54) is 13.1 Å². The summed E-state index contributed by atoms with van der Waals surface area (Å²) in [6.45, 7) is 1.30. The van der Waals surface area contributed by atoms with Crippen molar-refractivity contribution in [3.8, 4) is 11.1 Å². The average molecular weight is 406 g/mol. The first-order chi connectivity index (χ1) is 14.4. The topological polar surface area (TPSA) is 88.5 Å². The van der Waals surface area contributed by atoms with Gasteiger partial charge in [0.05, 0.1) is 6.20 Å². The molecule has 1 heterocycles. The molecule has 1 aliphatic carbocycles. The van der Waals surface area contributed by atoms with E-state index in [-0.39, 0.29) is 18.1 Å². The molecule has 1 atom stereocenters. The van der Waals surface area contributed by atoms with Crippen molar-refractivity contribution in [2.24, 2.45) is 0 Å². The standard InChI is InChI=1S/C23H19FN2O4/c1-23(21(27)28,14-10-15(24)12-25-11-14)26-22(29)30-13-20-18-8-4-2-6-16(18)17-7-3-5-9-19(17)20/h2-12,20H,13H2,1H3,(H,26,29)(H,27,28). The van der Waals surface area contributed by atoms with E-state index in [0.717, 1.165) is 34.5 Å². The maximum atomic E-state index is 13.5. The summed E-state index contributed by atoms with van der Waals surface area (Å²) in [5.74, 6) is -2.22. The van der Waals surface area contributed by atoms with Gasteiger partial charge in [-0.3, -0.25) is 4.98 Å². The second-order valence-corrected chi connectivity index (χ2v) is 7.27. The van der Waals surface area contributed by atoms with Gasteiger partial charge in [0.1, 0.15) is 12.4 Å². The minimum Gasteiger partial charge on any atom is -0.479 e. The number of aliphatic carboxylic acids is 1. The number of pyridine rings is 1. The van der Waals surface area contributed by atoms with Crippen molar-refractivity contribution in [2.45, 2.75) is 18.4 Å². The Bertz CT molecular complexity index is 1090. The summed E-state index contributed by atoms with van der Waals surface area (Å²) in [4.78, 5) is 28.0. The normalized spacial score (nSPS) is 14.3. The fourth-order valence-electron chi connectivity index (χ4n) is 3.77. The maximum Gasteiger partial charge on any atom is 0.408 e. The average Bonchev–Trinajstić information content (AvgIpc) is 3.06. The monoisotopic (exact) mass is 406 g/mol. The van der Waals surface area contributed by atoms with Crippen LogP contribution >= 0.6 is 0 Å². The van der Waals surface area contributed by atoms with Crippen molar-refractivity contribution in [2.75, 3.05) is 6.61 Å². The number of carboxylic acids is 1. The van der Waals surface area contributed by atoms with Crippen LogP contribution < -0.4 is 5.32 Å². The predicted octanol–water partition coefficient (Wildman–Crippen LogP) is 4.06. The molecule has 0 spiro atoms. The Morgan fingerprint density at radius 2 is 1.70 bits per heavy atom. The van der Waals surface area contributed by atoms with Gasteiger partial charge >= 0.3 is 12.1 Å². The van der Waals surface area contributed by atoms with Crippen molar-refractivity contribution >= 4 is 12.1 Å². The zero-order valence-electron chi connectivity index (χ0n) is 16.1. The van der Waals surface area contributed by atoms with Crippen LogP contribution in [0.4, 0.5) is 9.18 Å². The van der Waals surface area contributed by atoms with E-state index in [2.05, 4.69) is 10.3 Å². The fourth-order valence-corrected chi connectivity index (χ4v) is 3.77. The lowest BCUT2D eigenvalue weighted by molar-refractivity contribution is -0.144. The van der Waals surface area contributed by atoms with Gasteiger partial charge in [0.25, 0.3) is 0 Å². The molecule has 0 saturated heterocycles. The first kappa shape index (κ1) is 19.6. The number of carboxylic acid groups (broad SMARTS) is 1. The number of ether oxygens (including phenoxy) is 1. The summed E-state index contributed by atoms with van der Waals surface area (Å²) in [6, 6.07) is 16.8. The molecule has 6 nitrogen and oxygen atoms in total. The molecule has 30 heavy (non-hydrogen) atoms. The molecular formula is C23H19FN2O4. The van der Waals surface area contributed by atoms with Gasteiger partial charge in [-0.25, -0.2) is 14.0 Å². The summed E-state index contributed by atoms with van der Waals surface area (Å²) < 4.78 is 18.9. The van der Waals surface area contributed by atoms with Gasteiger partial charge in [0, 0.05) is 17.7 Å². The van der Waals surface area contributed by atoms with E-state index in [4.69, 9.17) is 4.74 Å². The predicted molar refractivity (Wildman–Crippen MR) is 107 cm³/mol. The van der Waals surface area contributed by atoms with Gasteiger partial charge < -0.3 is 15.2 Å². The van der Waals surface area contributed by atoms with Crippen LogP contribution in [0.25, 0.3) is 11.1 Å². The van der Waals surface area contributed by atoms with Crippen molar-refractivity contribution in [1.29, 1.82) is 0 Å². The molecule has 4 rings (SSSR count). The Kier molecular flexibility index (Phi) is 4.95. The highest BCUT2D eigenvalue weighted by atomic mass is 19.1. The van der Waals surface area contributed by atoms with E-state index in [1.807, 2.05) is 48.5 Å². The van der Waals surface area contributed by atoms with Crippen LogP contribution in [0.3, 0.4) is 0 Å². The Morgan fingerprint density at radius 3 is 2.27 bits per heavy atom. The molecule has 7 heteroatoms. The van der Waals surface area contributed by atoms with Gasteiger partial charge in [-0.2, -0.15) is 0 Å². The van der Waals surface area contributed by atoms with E-state index in [1.54, 1.807) is 0 Å². The van der Waals surface area contributed by atoms with Crippen LogP contribution in [0, 0.1) is 5.82 Å². The number of hydrogen-bond acceptors (Lipinski definition) is 4. The lowest BCUT2D eigenvalue weighted by Crippen LogP contribution is -2.50. The quantitative estimate of drug-likeness (QED) is 0.667. The first-order valence-electron chi connectivity index (χ1n) is 9.38. The van der Waals surface area contributed by atoms with Crippen LogP contribution in [-0.2, 0) is 15.1 Å². The molecule has 1 aliphatic rings. The third-order valence-corrected chi connectivity index (χ3v) is 5.41. The second-order valence-electron chi connectivity index (χ2n) is 7.27. The number of nitrogens with zero attached hydrogens (tertiary/aromatic N) is 1. The molecule has 2 N–H and O–H groups in total. The van der Waals surface area contributed by atoms with Gasteiger partial charge in [0.15, 0.2) is 5.54 Å². The van der Waals surface area contributed by atoms with Gasteiger partial charge in [-0.1, -0.05) is 48.5 Å². The number of rotatable bonds is 5. The van der Waals surface area contributed by atoms with Crippen molar-refractivity contribution < 1.29 is 23.8 Å². The van der Waals surface area contributed by atoms with Crippen LogP contribution in [0.2, 0.25) is 0 Å². The smallest absolute Gasteiger partial charge is 0.408 e. The molecule has 152 valence electrons. The number of carbonyl (C=O) groups is 2. The molecular weight excluding hydrogens is 387 g/mol. The Hall–Kier alpha value is -3.74. The molecule has 0 bridgehead atoms. The van der Waals surface area contributed by atoms with Gasteiger partial charge in [0.2, 0.25) is 0 Å². The summed E-state index contributed by atoms with van der Waals surface area (Å²) in [5.41, 5.74) is 2.37. The van der Waals surface area contributed by atoms with E-state index in [0.29, 0.717) is 0 Å². The molecule has 1 amide bonds. The van der Waals surface area contributed by atoms with E-state index >= 15 is 0 Å². The lowest BCUT2D eigenvalue weighted by atomic mass is 9.94. The molecule has 1 aromatic heterocycles. The summed E-state index contributed by atoms with van der Waals surface area (Å²) in [6.07, 6.45) is 1.24. The van der Waals surface area contributed by atoms with Crippen LogP contribution in [0.15, 0.2) is 67.0 Å². The summed E-state index contributed by atoms with van der Waals surface area (Å²) in [5, 5.41) is 12.0. The molecule has 1 unspecified atom stereocenters. The third kappa shape index (κ3) is 3.39. The molecule has 2 aromatic carbocycles. The minimum absolute atomic E-state index is 0.00325. The number of amides is 1. The zero-order chi connectivity index (χ0) is 21.3. The second kappa shape index (κ2) is 7.59. The molecule has 0 aliphatic heterocycles. The summed E-state index contributed by atoms with van der Waals surface area (Å²) >= 11 is 0. The van der Waals surface area contributed by atoms with Crippen LogP contribution in [0.5, 0.6) is 0 Å². The Balaban J connectivity index is 1.53. The summed E-state index contributed by atoms with van der Waals surface area (Å²) in [7, 11) is 0. The van der Waals surface area contributed by atoms with E-state index < -0.39 is 23.4 Å². The Labute approximate surface area is 172 Å². The van der Waals surface area contributed by atoms with Gasteiger partial charge in [-0.15, -0.1) is 0 Å². The highest BCUT2D eigenvalue weighted by Crippen LogP contribution is 2.44. The molecule has 0 fully saturated rings. The molecule has 3 aromatic rings. The van der Waals surface area contributed by atoms with Gasteiger partial charge in [-0.05, 0) is 35.2 Å². The maximum absolute atomic E-state index is 13.5. The van der Waals surface area contributed by atoms with Crippen molar-refractivity contribution in [3.63, 3.8) is 0 Å². The van der Waals surface area contributed by atoms with Crippen molar-refractivity contribution in [1.82, 2.24) is 10.3 Å². The SMILES string of the molecule is CC(NC(=O)OCC1c2ccccc2-c2ccccc21)(C(=O)O)c1cncc(F)c1. The number of nitrogens with one attached hydrogen (secondary N) is 1. The third-order valence-electron chi connectivity index (χ3n) is 5.41. The van der Waals surface area contributed by atoms with E-state index in [9.17, 15) is 19.1 Å². The fraction of sp³-hybridized carbons (Fsp3) is 0.174. The number of halogens is 1. The number of aromatic nitrogens is 1. The van der Waals surface area contributed by atoms with Crippen LogP contribution in [-0.4, -0.2) is 28.8 Å². The van der Waals surface area contributed by atoms with Crippen molar-refractivity contribution in [3.05, 3.63) is 89.5 Å². The highest BCUT2D eigenvalue weighted by molar-refractivity contribution is 5.85. The number of hydrogen-bond donors (Lipinski definition) is 2. The lowest BCUT2D eigenvalue weighted by Gasteiger charge is -2.26. The number of benzene rings is 2. The number of carbonyl (C=O) groups excluding carboxylic acids is 1. The molecule has 0 radical (unpaired) electrons. The first-order valence-corrected chi connectivity index (χ1v) is 9.38. The molecule has 0 saturated carbocycles. The zero-order valence-corrected chi connectivity index (χ0v) is 16.1. The largest absolute Gasteiger partial charge is 0.479 e.